The molecule has 3 heterocycles. The van der Waals surface area contributed by atoms with Gasteiger partial charge in [-0.3, -0.25) is 9.48 Å². The van der Waals surface area contributed by atoms with Gasteiger partial charge in [0.15, 0.2) is 0 Å². The Hall–Kier alpha value is -3.44. The molecule has 0 unspecified atom stereocenters. The zero-order valence-electron chi connectivity index (χ0n) is 23.4. The van der Waals surface area contributed by atoms with Gasteiger partial charge in [-0.15, -0.1) is 0 Å². The van der Waals surface area contributed by atoms with Gasteiger partial charge >= 0.3 is 0 Å². The van der Waals surface area contributed by atoms with E-state index >= 15 is 0 Å². The lowest BCUT2D eigenvalue weighted by molar-refractivity contribution is 0.0921. The van der Waals surface area contributed by atoms with Crippen molar-refractivity contribution >= 4 is 16.8 Å². The molecule has 1 aliphatic heterocycles. The monoisotopic (exact) mass is 528 g/mol. The van der Waals surface area contributed by atoms with Gasteiger partial charge in [0, 0.05) is 55.9 Å². The molecule has 206 valence electrons. The summed E-state index contributed by atoms with van der Waals surface area (Å²) in [6.45, 7) is 7.27. The average molecular weight is 529 g/mol. The van der Waals surface area contributed by atoms with Gasteiger partial charge in [0.1, 0.15) is 6.61 Å². The van der Waals surface area contributed by atoms with Crippen LogP contribution in [0.2, 0.25) is 0 Å². The summed E-state index contributed by atoms with van der Waals surface area (Å²) >= 11 is 0. The van der Waals surface area contributed by atoms with Crippen molar-refractivity contribution in [1.82, 2.24) is 25.0 Å². The second-order valence-corrected chi connectivity index (χ2v) is 11.9. The standard InChI is InChI=1S/C31H40N6O2/c1-31(2,20-32)21-39-29-12-9-23-14-17-37(18-15-27(23)34-29)16-13-22-7-10-24(11-8-22)33-30(38)25-5-4-6-28-26(25)19-36(3)35-28/h4-6,9,12,19,22,24H,7-8,10-11,13-18,21H2,1-3H3,(H,33,38). The third-order valence-corrected chi connectivity index (χ3v) is 8.23. The number of carbonyl (C=O) groups is 1. The number of nitrogens with zero attached hydrogens (tertiary/aromatic N) is 5. The first kappa shape index (κ1) is 27.1. The lowest BCUT2D eigenvalue weighted by Gasteiger charge is -2.30. The predicted octanol–water partition coefficient (Wildman–Crippen LogP) is 4.68. The highest BCUT2D eigenvalue weighted by Gasteiger charge is 2.25. The van der Waals surface area contributed by atoms with Crippen molar-refractivity contribution in [2.24, 2.45) is 18.4 Å². The van der Waals surface area contributed by atoms with Crippen LogP contribution in [0.4, 0.5) is 0 Å². The number of hydrogen-bond acceptors (Lipinski definition) is 6. The molecule has 0 radical (unpaired) electrons. The zero-order valence-corrected chi connectivity index (χ0v) is 23.4. The third kappa shape index (κ3) is 6.77. The zero-order chi connectivity index (χ0) is 27.4. The third-order valence-electron chi connectivity index (χ3n) is 8.23. The molecule has 1 saturated carbocycles. The SMILES string of the molecule is Cn1cc2c(C(=O)NC3CCC(CCN4CCc5ccc(OCC(C)(C)C#N)nc5CC4)CC3)cccc2n1. The molecule has 0 spiro atoms. The van der Waals surface area contributed by atoms with E-state index < -0.39 is 5.41 Å². The lowest BCUT2D eigenvalue weighted by Crippen LogP contribution is -2.38. The molecule has 2 aliphatic rings. The summed E-state index contributed by atoms with van der Waals surface area (Å²) in [7, 11) is 1.89. The number of carbonyl (C=O) groups excluding carboxylic acids is 1. The number of nitrogens with one attached hydrogen (secondary N) is 1. The fourth-order valence-corrected chi connectivity index (χ4v) is 5.78. The quantitative estimate of drug-likeness (QED) is 0.456. The predicted molar refractivity (Wildman–Crippen MR) is 152 cm³/mol. The Labute approximate surface area is 231 Å². The molecule has 39 heavy (non-hydrogen) atoms. The minimum absolute atomic E-state index is 0.0112. The molecule has 0 atom stereocenters. The smallest absolute Gasteiger partial charge is 0.252 e. The van der Waals surface area contributed by atoms with E-state index in [4.69, 9.17) is 9.72 Å². The maximum Gasteiger partial charge on any atom is 0.252 e. The van der Waals surface area contributed by atoms with Gasteiger partial charge in [-0.1, -0.05) is 12.1 Å². The molecule has 3 aromatic rings. The molecule has 8 heteroatoms. The van der Waals surface area contributed by atoms with Crippen molar-refractivity contribution in [3.8, 4) is 11.9 Å². The molecule has 0 saturated heterocycles. The van der Waals surface area contributed by atoms with Crippen molar-refractivity contribution in [3.05, 3.63) is 53.3 Å². The first-order chi connectivity index (χ1) is 18.8. The summed E-state index contributed by atoms with van der Waals surface area (Å²) in [4.78, 5) is 20.4. The summed E-state index contributed by atoms with van der Waals surface area (Å²) in [6.07, 6.45) is 9.47. The highest BCUT2D eigenvalue weighted by atomic mass is 16.5. The van der Waals surface area contributed by atoms with Crippen LogP contribution in [-0.2, 0) is 19.9 Å². The number of nitriles is 1. The minimum atomic E-state index is -0.523. The number of fused-ring (bicyclic) bond motifs is 2. The van der Waals surface area contributed by atoms with Crippen LogP contribution in [0.25, 0.3) is 10.9 Å². The second-order valence-electron chi connectivity index (χ2n) is 11.9. The van der Waals surface area contributed by atoms with Gasteiger partial charge in [0.05, 0.1) is 22.6 Å². The van der Waals surface area contributed by atoms with Crippen molar-refractivity contribution in [1.29, 1.82) is 5.26 Å². The van der Waals surface area contributed by atoms with Crippen molar-refractivity contribution in [2.45, 2.75) is 64.8 Å². The first-order valence-corrected chi connectivity index (χ1v) is 14.3. The highest BCUT2D eigenvalue weighted by molar-refractivity contribution is 6.06. The molecule has 2 aromatic heterocycles. The van der Waals surface area contributed by atoms with E-state index in [1.54, 1.807) is 4.68 Å². The maximum atomic E-state index is 13.0. The van der Waals surface area contributed by atoms with E-state index in [0.717, 1.165) is 74.8 Å². The summed E-state index contributed by atoms with van der Waals surface area (Å²) in [5, 5.41) is 17.8. The van der Waals surface area contributed by atoms with E-state index in [1.165, 1.54) is 12.0 Å². The van der Waals surface area contributed by atoms with Crippen LogP contribution in [0.15, 0.2) is 36.5 Å². The van der Waals surface area contributed by atoms with E-state index in [-0.39, 0.29) is 11.9 Å². The molecule has 8 nitrogen and oxygen atoms in total. The number of benzene rings is 1. The van der Waals surface area contributed by atoms with Gasteiger partial charge in [-0.05, 0) is 82.5 Å². The fraction of sp³-hybridized carbons (Fsp3) is 0.548. The highest BCUT2D eigenvalue weighted by Crippen LogP contribution is 2.28. The van der Waals surface area contributed by atoms with E-state index in [2.05, 4.69) is 27.5 Å². The Morgan fingerprint density at radius 3 is 2.74 bits per heavy atom. The van der Waals surface area contributed by atoms with Crippen molar-refractivity contribution in [2.75, 3.05) is 26.2 Å². The molecule has 1 N–H and O–H groups in total. The van der Waals surface area contributed by atoms with Gasteiger partial charge in [-0.2, -0.15) is 10.4 Å². The van der Waals surface area contributed by atoms with Crippen LogP contribution in [-0.4, -0.2) is 57.9 Å². The number of amides is 1. The Bertz CT molecular complexity index is 1350. The van der Waals surface area contributed by atoms with Crippen molar-refractivity contribution in [3.63, 3.8) is 0 Å². The largest absolute Gasteiger partial charge is 0.476 e. The maximum absolute atomic E-state index is 13.0. The van der Waals surface area contributed by atoms with Gasteiger partial charge in [0.25, 0.3) is 5.91 Å². The molecular formula is C31H40N6O2. The van der Waals surface area contributed by atoms with E-state index in [1.807, 2.05) is 51.4 Å². The Morgan fingerprint density at radius 1 is 1.15 bits per heavy atom. The first-order valence-electron chi connectivity index (χ1n) is 14.3. The van der Waals surface area contributed by atoms with Crippen LogP contribution in [0.5, 0.6) is 5.88 Å². The number of aromatic nitrogens is 3. The Balaban J connectivity index is 1.06. The van der Waals surface area contributed by atoms with E-state index in [9.17, 15) is 10.1 Å². The van der Waals surface area contributed by atoms with E-state index in [0.29, 0.717) is 24.0 Å². The van der Waals surface area contributed by atoms with Crippen LogP contribution in [0.1, 0.15) is 67.6 Å². The van der Waals surface area contributed by atoms with Crippen LogP contribution in [0, 0.1) is 22.7 Å². The number of rotatable bonds is 8. The Kier molecular flexibility index (Phi) is 8.18. The van der Waals surface area contributed by atoms with Crippen LogP contribution in [0.3, 0.4) is 0 Å². The molecule has 1 aromatic carbocycles. The summed E-state index contributed by atoms with van der Waals surface area (Å²) in [6, 6.07) is 12.3. The second kappa shape index (κ2) is 11.7. The molecule has 0 bridgehead atoms. The molecular weight excluding hydrogens is 488 g/mol. The molecule has 5 rings (SSSR count). The van der Waals surface area contributed by atoms with Gasteiger partial charge < -0.3 is 15.0 Å². The number of aryl methyl sites for hydroxylation is 1. The molecule has 1 aliphatic carbocycles. The summed E-state index contributed by atoms with van der Waals surface area (Å²) in [5.41, 5.74) is 3.48. The van der Waals surface area contributed by atoms with Crippen LogP contribution < -0.4 is 10.1 Å². The Morgan fingerprint density at radius 2 is 1.95 bits per heavy atom. The summed E-state index contributed by atoms with van der Waals surface area (Å²) < 4.78 is 7.58. The number of ether oxygens (including phenoxy) is 1. The minimum Gasteiger partial charge on any atom is -0.476 e. The topological polar surface area (TPSA) is 96.1 Å². The fourth-order valence-electron chi connectivity index (χ4n) is 5.78. The number of pyridine rings is 1. The van der Waals surface area contributed by atoms with Crippen LogP contribution >= 0.6 is 0 Å². The molecule has 1 amide bonds. The average Bonchev–Trinajstić information content (AvgIpc) is 3.20. The van der Waals surface area contributed by atoms with Gasteiger partial charge in [0.2, 0.25) is 5.88 Å². The number of hydrogen-bond donors (Lipinski definition) is 1. The van der Waals surface area contributed by atoms with Crippen molar-refractivity contribution < 1.29 is 9.53 Å². The molecule has 1 fully saturated rings. The lowest BCUT2D eigenvalue weighted by atomic mass is 9.84. The normalized spacial score (nSPS) is 20.2. The summed E-state index contributed by atoms with van der Waals surface area (Å²) in [5.74, 6) is 1.34. The van der Waals surface area contributed by atoms with Gasteiger partial charge in [-0.25, -0.2) is 4.98 Å².